The molecule has 0 N–H and O–H groups in total. The average Bonchev–Trinajstić information content (AvgIpc) is 2.13. The topological polar surface area (TPSA) is 35.5 Å². The summed E-state index contributed by atoms with van der Waals surface area (Å²) in [5.74, 6) is 0. The average molecular weight is 292 g/mol. The fourth-order valence-electron chi connectivity index (χ4n) is 2.45. The second-order valence-corrected chi connectivity index (χ2v) is 9.69. The van der Waals surface area contributed by atoms with E-state index in [1.807, 2.05) is 13.8 Å². The van der Waals surface area contributed by atoms with Crippen molar-refractivity contribution in [1.29, 1.82) is 0 Å². The van der Waals surface area contributed by atoms with E-state index >= 15 is 0 Å². The highest BCUT2D eigenvalue weighted by Crippen LogP contribution is 2.64. The van der Waals surface area contributed by atoms with Crippen molar-refractivity contribution in [1.82, 2.24) is 0 Å². The van der Waals surface area contributed by atoms with Gasteiger partial charge in [0.2, 0.25) is 0 Å². The highest BCUT2D eigenvalue weighted by molar-refractivity contribution is 8.55. The zero-order valence-corrected chi connectivity index (χ0v) is 13.8. The van der Waals surface area contributed by atoms with E-state index in [9.17, 15) is 4.57 Å². The van der Waals surface area contributed by atoms with Crippen molar-refractivity contribution >= 4 is 18.2 Å². The van der Waals surface area contributed by atoms with Crippen LogP contribution in [0.2, 0.25) is 0 Å². The van der Waals surface area contributed by atoms with Gasteiger partial charge in [-0.1, -0.05) is 25.5 Å². The number of hydrogen-bond acceptors (Lipinski definition) is 4. The van der Waals surface area contributed by atoms with Crippen molar-refractivity contribution < 1.29 is 13.6 Å². The van der Waals surface area contributed by atoms with Gasteiger partial charge in [0.25, 0.3) is 0 Å². The second kappa shape index (κ2) is 6.60. The molecule has 0 spiro atoms. The quantitative estimate of drug-likeness (QED) is 0.508. The lowest BCUT2D eigenvalue weighted by molar-refractivity contribution is 0.236. The first kappa shape index (κ1) is 16.3. The molecule has 18 heavy (non-hydrogen) atoms. The summed E-state index contributed by atoms with van der Waals surface area (Å²) in [6, 6.07) is 0. The zero-order chi connectivity index (χ0) is 13.8. The Balaban J connectivity index is 2.75. The molecule has 106 valence electrons. The third-order valence-corrected chi connectivity index (χ3v) is 7.02. The van der Waals surface area contributed by atoms with E-state index in [1.54, 1.807) is 0 Å². The Morgan fingerprint density at radius 3 is 2.39 bits per heavy atom. The standard InChI is InChI=1S/C13H25O3PS/c1-6-15-17(14,16-7-2)18-12-8-11(3)9-13(4,5)10-12/h8,12H,6-7,9-10H2,1-5H3. The van der Waals surface area contributed by atoms with Gasteiger partial charge in [0.05, 0.1) is 13.2 Å². The molecule has 0 saturated heterocycles. The Morgan fingerprint density at radius 2 is 1.94 bits per heavy atom. The minimum atomic E-state index is -3.00. The fourth-order valence-corrected chi connectivity index (χ4v) is 6.83. The van der Waals surface area contributed by atoms with Crippen LogP contribution in [0.4, 0.5) is 0 Å². The molecule has 1 rings (SSSR count). The Bertz CT molecular complexity index is 342. The van der Waals surface area contributed by atoms with Gasteiger partial charge >= 0.3 is 6.80 Å². The van der Waals surface area contributed by atoms with Crippen molar-refractivity contribution in [2.24, 2.45) is 5.41 Å². The summed E-state index contributed by atoms with van der Waals surface area (Å²) < 4.78 is 23.2. The van der Waals surface area contributed by atoms with E-state index < -0.39 is 6.80 Å². The SMILES string of the molecule is CCOP(=O)(OCC)SC1C=C(C)CC(C)(C)C1. The molecule has 0 radical (unpaired) electrons. The molecule has 1 aliphatic carbocycles. The summed E-state index contributed by atoms with van der Waals surface area (Å²) in [6.45, 7) is 8.18. The molecule has 0 heterocycles. The normalized spacial score (nSPS) is 23.8. The maximum Gasteiger partial charge on any atom is 0.389 e. The van der Waals surface area contributed by atoms with Crippen LogP contribution in [-0.2, 0) is 13.6 Å². The van der Waals surface area contributed by atoms with Crippen molar-refractivity contribution in [3.8, 4) is 0 Å². The van der Waals surface area contributed by atoms with E-state index in [2.05, 4.69) is 26.8 Å². The summed E-state index contributed by atoms with van der Waals surface area (Å²) in [5, 5.41) is 0.220. The zero-order valence-electron chi connectivity index (χ0n) is 12.1. The molecule has 0 aliphatic heterocycles. The predicted molar refractivity (Wildman–Crippen MR) is 79.0 cm³/mol. The summed E-state index contributed by atoms with van der Waals surface area (Å²) in [7, 11) is 0. The third kappa shape index (κ3) is 5.08. The lowest BCUT2D eigenvalue weighted by Crippen LogP contribution is -2.22. The van der Waals surface area contributed by atoms with Gasteiger partial charge in [-0.2, -0.15) is 0 Å². The monoisotopic (exact) mass is 292 g/mol. The van der Waals surface area contributed by atoms with E-state index in [1.165, 1.54) is 17.0 Å². The smallest absolute Gasteiger partial charge is 0.301 e. The molecule has 0 amide bonds. The van der Waals surface area contributed by atoms with E-state index in [-0.39, 0.29) is 10.7 Å². The van der Waals surface area contributed by atoms with Crippen molar-refractivity contribution in [2.75, 3.05) is 13.2 Å². The van der Waals surface area contributed by atoms with E-state index in [0.29, 0.717) is 13.2 Å². The van der Waals surface area contributed by atoms with Crippen molar-refractivity contribution in [3.05, 3.63) is 11.6 Å². The molecule has 1 atom stereocenters. The highest BCUT2D eigenvalue weighted by atomic mass is 32.7. The van der Waals surface area contributed by atoms with Gasteiger partial charge in [0.1, 0.15) is 0 Å². The Morgan fingerprint density at radius 1 is 1.39 bits per heavy atom. The van der Waals surface area contributed by atoms with Crippen LogP contribution in [0.25, 0.3) is 0 Å². The highest BCUT2D eigenvalue weighted by Gasteiger charge is 2.34. The minimum absolute atomic E-state index is 0.220. The molecule has 0 aromatic heterocycles. The van der Waals surface area contributed by atoms with Crippen LogP contribution >= 0.6 is 18.2 Å². The third-order valence-electron chi connectivity index (χ3n) is 2.82. The van der Waals surface area contributed by atoms with Crippen molar-refractivity contribution in [3.63, 3.8) is 0 Å². The van der Waals surface area contributed by atoms with Crippen LogP contribution in [0.1, 0.15) is 47.5 Å². The molecule has 0 fully saturated rings. The maximum absolute atomic E-state index is 12.5. The molecule has 1 aliphatic rings. The van der Waals surface area contributed by atoms with Crippen LogP contribution in [0.3, 0.4) is 0 Å². The van der Waals surface area contributed by atoms with Crippen molar-refractivity contribution in [2.45, 2.75) is 52.7 Å². The van der Waals surface area contributed by atoms with Crippen LogP contribution < -0.4 is 0 Å². The van der Waals surface area contributed by atoms with Gasteiger partial charge in [-0.05, 0) is 50.4 Å². The fraction of sp³-hybridized carbons (Fsp3) is 0.846. The van der Waals surface area contributed by atoms with Gasteiger partial charge in [-0.15, -0.1) is 0 Å². The van der Waals surface area contributed by atoms with Gasteiger partial charge in [0, 0.05) is 5.25 Å². The Labute approximate surface area is 115 Å². The Hall–Kier alpha value is 0.240. The minimum Gasteiger partial charge on any atom is -0.301 e. The van der Waals surface area contributed by atoms with Crippen LogP contribution in [0.5, 0.6) is 0 Å². The molecular weight excluding hydrogens is 267 g/mol. The predicted octanol–water partition coefficient (Wildman–Crippen LogP) is 5.04. The molecule has 0 aromatic rings. The van der Waals surface area contributed by atoms with Crippen LogP contribution in [-0.4, -0.2) is 18.5 Å². The molecule has 0 aromatic carbocycles. The molecule has 1 unspecified atom stereocenters. The summed E-state index contributed by atoms with van der Waals surface area (Å²) in [5.41, 5.74) is 1.63. The Kier molecular flexibility index (Phi) is 5.98. The maximum atomic E-state index is 12.5. The molecule has 0 saturated carbocycles. The number of hydrogen-bond donors (Lipinski definition) is 0. The van der Waals surface area contributed by atoms with Gasteiger partial charge in [0.15, 0.2) is 0 Å². The van der Waals surface area contributed by atoms with Gasteiger partial charge in [-0.3, -0.25) is 0 Å². The molecule has 0 bridgehead atoms. The lowest BCUT2D eigenvalue weighted by Gasteiger charge is -2.34. The lowest BCUT2D eigenvalue weighted by atomic mass is 9.78. The second-order valence-electron chi connectivity index (χ2n) is 5.48. The van der Waals surface area contributed by atoms with E-state index in [4.69, 9.17) is 9.05 Å². The first-order valence-electron chi connectivity index (χ1n) is 6.55. The summed E-state index contributed by atoms with van der Waals surface area (Å²) in [4.78, 5) is 0. The number of rotatable bonds is 6. The molecule has 5 heteroatoms. The summed E-state index contributed by atoms with van der Waals surface area (Å²) >= 11 is 1.36. The van der Waals surface area contributed by atoms with Crippen LogP contribution in [0, 0.1) is 5.41 Å². The first-order chi connectivity index (χ1) is 8.30. The summed E-state index contributed by atoms with van der Waals surface area (Å²) in [6.07, 6.45) is 4.33. The largest absolute Gasteiger partial charge is 0.389 e. The molecule has 3 nitrogen and oxygen atoms in total. The first-order valence-corrected chi connectivity index (χ1v) is 9.58. The van der Waals surface area contributed by atoms with E-state index in [0.717, 1.165) is 12.8 Å². The van der Waals surface area contributed by atoms with Crippen LogP contribution in [0.15, 0.2) is 11.6 Å². The van der Waals surface area contributed by atoms with Gasteiger partial charge < -0.3 is 9.05 Å². The number of allylic oxidation sites excluding steroid dienone is 1. The molecular formula is C13H25O3PS. The van der Waals surface area contributed by atoms with Gasteiger partial charge in [-0.25, -0.2) is 4.57 Å².